The number of allylic oxidation sites excluding steroid dienone is 1. The second-order valence-electron chi connectivity index (χ2n) is 7.94. The summed E-state index contributed by atoms with van der Waals surface area (Å²) >= 11 is 0. The molecule has 0 amide bonds. The number of aliphatic carboxylic acids is 1. The maximum absolute atomic E-state index is 14.1. The largest absolute Gasteiger partial charge is 0.493 e. The second kappa shape index (κ2) is 9.77. The average Bonchev–Trinajstić information content (AvgIpc) is 2.74. The molecule has 2 aromatic carbocycles. The minimum Gasteiger partial charge on any atom is -0.493 e. The van der Waals surface area contributed by atoms with Gasteiger partial charge in [0.15, 0.2) is 6.10 Å². The fourth-order valence-electron chi connectivity index (χ4n) is 3.95. The van der Waals surface area contributed by atoms with Crippen molar-refractivity contribution in [3.05, 3.63) is 59.2 Å². The summed E-state index contributed by atoms with van der Waals surface area (Å²) in [5.74, 6) is -0.771. The molecule has 0 fully saturated rings. The summed E-state index contributed by atoms with van der Waals surface area (Å²) in [5.41, 5.74) is 1.12. The Kier molecular flexibility index (Phi) is 7.29. The van der Waals surface area contributed by atoms with E-state index < -0.39 is 29.4 Å². The lowest BCUT2D eigenvalue weighted by Crippen LogP contribution is -2.22. The molecule has 4 nitrogen and oxygen atoms in total. The van der Waals surface area contributed by atoms with Crippen molar-refractivity contribution >= 4 is 11.5 Å². The van der Waals surface area contributed by atoms with E-state index in [4.69, 9.17) is 9.47 Å². The van der Waals surface area contributed by atoms with Crippen LogP contribution >= 0.6 is 0 Å². The SMILES string of the molecule is C=C(C)c1ccc(C(F)(F)F)c(C(OCCCC)C(=O)O)c1-c1ccc2c(c1)CCCO2. The number of halogens is 3. The maximum Gasteiger partial charge on any atom is 0.416 e. The van der Waals surface area contributed by atoms with Crippen LogP contribution < -0.4 is 4.74 Å². The van der Waals surface area contributed by atoms with Crippen molar-refractivity contribution in [2.24, 2.45) is 0 Å². The molecule has 0 spiro atoms. The number of aryl methyl sites for hydroxylation is 1. The molecule has 172 valence electrons. The number of rotatable bonds is 8. The van der Waals surface area contributed by atoms with E-state index in [1.807, 2.05) is 6.92 Å². The minimum absolute atomic E-state index is 0.0412. The molecule has 0 aliphatic carbocycles. The van der Waals surface area contributed by atoms with Gasteiger partial charge in [0.1, 0.15) is 5.75 Å². The molecule has 1 N–H and O–H groups in total. The van der Waals surface area contributed by atoms with Gasteiger partial charge in [-0.2, -0.15) is 13.2 Å². The van der Waals surface area contributed by atoms with Crippen molar-refractivity contribution in [1.29, 1.82) is 0 Å². The van der Waals surface area contributed by atoms with Crippen LogP contribution in [-0.4, -0.2) is 24.3 Å². The van der Waals surface area contributed by atoms with E-state index in [2.05, 4.69) is 6.58 Å². The zero-order valence-electron chi connectivity index (χ0n) is 18.2. The molecule has 32 heavy (non-hydrogen) atoms. The number of carboxylic acids is 1. The lowest BCUT2D eigenvalue weighted by atomic mass is 9.84. The van der Waals surface area contributed by atoms with Crippen LogP contribution in [0.3, 0.4) is 0 Å². The molecule has 1 atom stereocenters. The van der Waals surface area contributed by atoms with E-state index in [-0.39, 0.29) is 12.2 Å². The Morgan fingerprint density at radius 3 is 2.66 bits per heavy atom. The Morgan fingerprint density at radius 1 is 1.28 bits per heavy atom. The van der Waals surface area contributed by atoms with E-state index in [1.165, 1.54) is 6.07 Å². The first kappa shape index (κ1) is 23.9. The molecule has 1 aliphatic heterocycles. The number of ether oxygens (including phenoxy) is 2. The van der Waals surface area contributed by atoms with Gasteiger partial charge in [-0.1, -0.05) is 37.6 Å². The van der Waals surface area contributed by atoms with Crippen LogP contribution in [0.5, 0.6) is 5.75 Å². The Labute approximate surface area is 185 Å². The third kappa shape index (κ3) is 4.99. The molecule has 7 heteroatoms. The lowest BCUT2D eigenvalue weighted by molar-refractivity contribution is -0.153. The first-order valence-electron chi connectivity index (χ1n) is 10.7. The number of fused-ring (bicyclic) bond motifs is 1. The van der Waals surface area contributed by atoms with E-state index in [0.717, 1.165) is 30.9 Å². The van der Waals surface area contributed by atoms with Gasteiger partial charge in [-0.25, -0.2) is 4.79 Å². The summed E-state index contributed by atoms with van der Waals surface area (Å²) < 4.78 is 53.4. The van der Waals surface area contributed by atoms with E-state index in [1.54, 1.807) is 25.1 Å². The smallest absolute Gasteiger partial charge is 0.416 e. The zero-order valence-corrected chi connectivity index (χ0v) is 18.2. The normalized spacial score (nSPS) is 14.4. The number of carboxylic acid groups (broad SMARTS) is 1. The first-order chi connectivity index (χ1) is 15.1. The summed E-state index contributed by atoms with van der Waals surface area (Å²) in [6.45, 7) is 8.12. The molecular formula is C25H27F3O4. The highest BCUT2D eigenvalue weighted by atomic mass is 19.4. The summed E-state index contributed by atoms with van der Waals surface area (Å²) in [5, 5.41) is 9.87. The average molecular weight is 448 g/mol. The van der Waals surface area contributed by atoms with E-state index >= 15 is 0 Å². The number of hydrogen-bond donors (Lipinski definition) is 1. The topological polar surface area (TPSA) is 55.8 Å². The van der Waals surface area contributed by atoms with Crippen LogP contribution in [0.2, 0.25) is 0 Å². The van der Waals surface area contributed by atoms with Crippen LogP contribution in [0, 0.1) is 0 Å². The first-order valence-corrected chi connectivity index (χ1v) is 10.7. The highest BCUT2D eigenvalue weighted by Gasteiger charge is 2.40. The molecule has 1 aliphatic rings. The lowest BCUT2D eigenvalue weighted by Gasteiger charge is -2.26. The minimum atomic E-state index is -4.75. The van der Waals surface area contributed by atoms with E-state index in [9.17, 15) is 23.1 Å². The molecule has 0 radical (unpaired) electrons. The van der Waals surface area contributed by atoms with Gasteiger partial charge in [0.25, 0.3) is 0 Å². The standard InChI is InChI=1S/C25H27F3O4/c1-4-5-12-32-23(24(29)30)22-19(25(26,27)28)10-9-18(15(2)3)21(22)17-8-11-20-16(14-17)7-6-13-31-20/h8-11,14,23H,2,4-7,12-13H2,1,3H3,(H,29,30). The van der Waals surface area contributed by atoms with Crippen molar-refractivity contribution in [2.45, 2.75) is 51.8 Å². The zero-order chi connectivity index (χ0) is 23.5. The van der Waals surface area contributed by atoms with E-state index in [0.29, 0.717) is 35.5 Å². The third-order valence-corrected chi connectivity index (χ3v) is 5.48. The van der Waals surface area contributed by atoms with Gasteiger partial charge in [-0.05, 0) is 66.6 Å². The predicted molar refractivity (Wildman–Crippen MR) is 117 cm³/mol. The van der Waals surface area contributed by atoms with Crippen molar-refractivity contribution in [2.75, 3.05) is 13.2 Å². The van der Waals surface area contributed by atoms with Crippen LogP contribution in [0.15, 0.2) is 36.9 Å². The van der Waals surface area contributed by atoms with Gasteiger partial charge in [0.05, 0.1) is 12.2 Å². The monoisotopic (exact) mass is 448 g/mol. The number of unbranched alkanes of at least 4 members (excludes halogenated alkanes) is 1. The Hall–Kier alpha value is -2.80. The highest BCUT2D eigenvalue weighted by Crippen LogP contribution is 2.45. The molecule has 0 aromatic heterocycles. The highest BCUT2D eigenvalue weighted by molar-refractivity contribution is 5.88. The molecule has 1 heterocycles. The summed E-state index contributed by atoms with van der Waals surface area (Å²) in [6, 6.07) is 7.45. The van der Waals surface area contributed by atoms with Gasteiger partial charge in [0, 0.05) is 12.2 Å². The molecule has 0 bridgehead atoms. The van der Waals surface area contributed by atoms with Gasteiger partial charge in [-0.15, -0.1) is 0 Å². The molecule has 0 saturated carbocycles. The molecule has 0 saturated heterocycles. The fourth-order valence-corrected chi connectivity index (χ4v) is 3.95. The molecule has 1 unspecified atom stereocenters. The summed E-state index contributed by atoms with van der Waals surface area (Å²) in [7, 11) is 0. The van der Waals surface area contributed by atoms with Crippen LogP contribution in [-0.2, 0) is 22.1 Å². The van der Waals surface area contributed by atoms with Crippen molar-refractivity contribution < 1.29 is 32.5 Å². The number of carbonyl (C=O) groups is 1. The van der Waals surface area contributed by atoms with Crippen LogP contribution in [0.4, 0.5) is 13.2 Å². The Balaban J connectivity index is 2.32. The second-order valence-corrected chi connectivity index (χ2v) is 7.94. The number of benzene rings is 2. The predicted octanol–water partition coefficient (Wildman–Crippen LogP) is 6.67. The Bertz CT molecular complexity index is 1010. The van der Waals surface area contributed by atoms with Crippen molar-refractivity contribution in [3.8, 4) is 16.9 Å². The molecular weight excluding hydrogens is 421 g/mol. The number of alkyl halides is 3. The van der Waals surface area contributed by atoms with Crippen LogP contribution in [0.25, 0.3) is 16.7 Å². The number of hydrogen-bond acceptors (Lipinski definition) is 3. The fraction of sp³-hybridized carbons (Fsp3) is 0.400. The van der Waals surface area contributed by atoms with Gasteiger partial charge < -0.3 is 14.6 Å². The Morgan fingerprint density at radius 2 is 2.03 bits per heavy atom. The van der Waals surface area contributed by atoms with Gasteiger partial charge in [-0.3, -0.25) is 0 Å². The quantitative estimate of drug-likeness (QED) is 0.458. The van der Waals surface area contributed by atoms with Gasteiger partial charge in [0.2, 0.25) is 0 Å². The summed E-state index contributed by atoms with van der Waals surface area (Å²) in [4.78, 5) is 12.1. The van der Waals surface area contributed by atoms with Gasteiger partial charge >= 0.3 is 12.1 Å². The summed E-state index contributed by atoms with van der Waals surface area (Å²) in [6.07, 6.45) is -3.72. The van der Waals surface area contributed by atoms with Crippen molar-refractivity contribution in [1.82, 2.24) is 0 Å². The maximum atomic E-state index is 14.1. The molecule has 2 aromatic rings. The van der Waals surface area contributed by atoms with Crippen LogP contribution in [0.1, 0.15) is 61.5 Å². The molecule has 3 rings (SSSR count). The van der Waals surface area contributed by atoms with Crippen molar-refractivity contribution in [3.63, 3.8) is 0 Å². The third-order valence-electron chi connectivity index (χ3n) is 5.48.